The molecule has 0 aliphatic carbocycles. The molecule has 0 spiro atoms. The Balaban J connectivity index is 2.02. The fourth-order valence-corrected chi connectivity index (χ4v) is 2.11. The number of nitrogens with two attached hydrogens (primary N) is 1. The van der Waals surface area contributed by atoms with Crippen molar-refractivity contribution in [2.45, 2.75) is 18.9 Å². The highest BCUT2D eigenvalue weighted by Gasteiger charge is 2.09. The number of nitrogen functional groups attached to an aromatic ring is 1. The monoisotopic (exact) mass is 241 g/mol. The number of aryl methyl sites for hydroxylation is 1. The third kappa shape index (κ3) is 3.08. The minimum absolute atomic E-state index is 0.353. The van der Waals surface area contributed by atoms with E-state index in [1.54, 1.807) is 6.20 Å². The van der Waals surface area contributed by atoms with Crippen molar-refractivity contribution in [1.29, 1.82) is 0 Å². The Morgan fingerprint density at radius 3 is 2.67 bits per heavy atom. The maximum absolute atomic E-state index is 5.93. The van der Waals surface area contributed by atoms with Crippen LogP contribution in [0.25, 0.3) is 0 Å². The molecule has 0 aliphatic rings. The van der Waals surface area contributed by atoms with Crippen molar-refractivity contribution in [2.24, 2.45) is 0 Å². The summed E-state index contributed by atoms with van der Waals surface area (Å²) in [6.07, 6.45) is 5.52. The number of benzene rings is 1. The van der Waals surface area contributed by atoms with Gasteiger partial charge in [-0.1, -0.05) is 30.3 Å². The van der Waals surface area contributed by atoms with E-state index in [1.807, 2.05) is 25.4 Å². The van der Waals surface area contributed by atoms with Crippen molar-refractivity contribution < 1.29 is 0 Å². The van der Waals surface area contributed by atoms with E-state index in [1.165, 1.54) is 5.56 Å². The van der Waals surface area contributed by atoms with Crippen LogP contribution in [0.2, 0.25) is 0 Å². The fourth-order valence-electron chi connectivity index (χ4n) is 2.11. The summed E-state index contributed by atoms with van der Waals surface area (Å²) >= 11 is 0. The van der Waals surface area contributed by atoms with Gasteiger partial charge in [-0.25, -0.2) is 0 Å². The summed E-state index contributed by atoms with van der Waals surface area (Å²) in [6, 6.07) is 12.7. The Kier molecular flexibility index (Phi) is 4.31. The van der Waals surface area contributed by atoms with Crippen LogP contribution in [0.1, 0.15) is 23.6 Å². The number of aromatic nitrogens is 1. The van der Waals surface area contributed by atoms with Gasteiger partial charge in [0.05, 0.1) is 0 Å². The van der Waals surface area contributed by atoms with Crippen LogP contribution in [0, 0.1) is 0 Å². The van der Waals surface area contributed by atoms with Gasteiger partial charge in [-0.3, -0.25) is 4.98 Å². The molecule has 94 valence electrons. The number of hydrogen-bond donors (Lipinski definition) is 2. The molecule has 0 saturated heterocycles. The average molecular weight is 241 g/mol. The van der Waals surface area contributed by atoms with Crippen molar-refractivity contribution in [1.82, 2.24) is 10.3 Å². The van der Waals surface area contributed by atoms with Crippen LogP contribution < -0.4 is 11.1 Å². The van der Waals surface area contributed by atoms with Crippen molar-refractivity contribution in [3.8, 4) is 0 Å². The van der Waals surface area contributed by atoms with Crippen LogP contribution in [-0.4, -0.2) is 12.0 Å². The SMILES string of the molecule is CNC(CCc1cnccc1N)c1ccccc1. The number of nitrogens with zero attached hydrogens (tertiary/aromatic N) is 1. The normalized spacial score (nSPS) is 12.3. The molecule has 0 saturated carbocycles. The average Bonchev–Trinajstić information content (AvgIpc) is 2.42. The summed E-state index contributed by atoms with van der Waals surface area (Å²) in [4.78, 5) is 4.12. The lowest BCUT2D eigenvalue weighted by molar-refractivity contribution is 0.549. The molecule has 1 heterocycles. The zero-order valence-corrected chi connectivity index (χ0v) is 10.6. The molecular weight excluding hydrogens is 222 g/mol. The van der Waals surface area contributed by atoms with Gasteiger partial charge in [0.25, 0.3) is 0 Å². The van der Waals surface area contributed by atoms with Gasteiger partial charge < -0.3 is 11.1 Å². The van der Waals surface area contributed by atoms with Gasteiger partial charge >= 0.3 is 0 Å². The molecule has 1 aromatic carbocycles. The number of pyridine rings is 1. The van der Waals surface area contributed by atoms with Crippen molar-refractivity contribution >= 4 is 5.69 Å². The van der Waals surface area contributed by atoms with Gasteiger partial charge in [0.2, 0.25) is 0 Å². The number of nitrogens with one attached hydrogen (secondary N) is 1. The lowest BCUT2D eigenvalue weighted by atomic mass is 9.99. The zero-order chi connectivity index (χ0) is 12.8. The number of anilines is 1. The smallest absolute Gasteiger partial charge is 0.0377 e. The van der Waals surface area contributed by atoms with Gasteiger partial charge in [-0.05, 0) is 37.1 Å². The van der Waals surface area contributed by atoms with E-state index >= 15 is 0 Å². The van der Waals surface area contributed by atoms with E-state index < -0.39 is 0 Å². The Morgan fingerprint density at radius 1 is 1.22 bits per heavy atom. The van der Waals surface area contributed by atoms with Crippen LogP contribution in [0.5, 0.6) is 0 Å². The van der Waals surface area contributed by atoms with E-state index in [2.05, 4.69) is 34.6 Å². The first-order chi connectivity index (χ1) is 8.81. The van der Waals surface area contributed by atoms with Gasteiger partial charge in [0.1, 0.15) is 0 Å². The Morgan fingerprint density at radius 2 is 2.00 bits per heavy atom. The molecule has 0 fully saturated rings. The summed E-state index contributed by atoms with van der Waals surface area (Å²) in [6.45, 7) is 0. The number of hydrogen-bond acceptors (Lipinski definition) is 3. The second-order valence-electron chi connectivity index (χ2n) is 4.37. The summed E-state index contributed by atoms with van der Waals surface area (Å²) in [7, 11) is 1.99. The van der Waals surface area contributed by atoms with Crippen LogP contribution >= 0.6 is 0 Å². The maximum atomic E-state index is 5.93. The van der Waals surface area contributed by atoms with Gasteiger partial charge in [-0.2, -0.15) is 0 Å². The van der Waals surface area contributed by atoms with Crippen molar-refractivity contribution in [3.05, 3.63) is 59.9 Å². The molecule has 18 heavy (non-hydrogen) atoms. The zero-order valence-electron chi connectivity index (χ0n) is 10.6. The molecule has 0 bridgehead atoms. The Hall–Kier alpha value is -1.87. The van der Waals surface area contributed by atoms with E-state index in [0.29, 0.717) is 6.04 Å². The van der Waals surface area contributed by atoms with Crippen molar-refractivity contribution in [3.63, 3.8) is 0 Å². The van der Waals surface area contributed by atoms with Gasteiger partial charge in [-0.15, -0.1) is 0 Å². The predicted octanol–water partition coefficient (Wildman–Crippen LogP) is 2.56. The highest BCUT2D eigenvalue weighted by atomic mass is 14.9. The molecule has 3 nitrogen and oxygen atoms in total. The topological polar surface area (TPSA) is 50.9 Å². The molecule has 3 heteroatoms. The van der Waals surface area contributed by atoms with E-state index in [9.17, 15) is 0 Å². The summed E-state index contributed by atoms with van der Waals surface area (Å²) in [5.41, 5.74) is 9.18. The number of rotatable bonds is 5. The van der Waals surface area contributed by atoms with Gasteiger partial charge in [0, 0.05) is 24.1 Å². The highest BCUT2D eigenvalue weighted by molar-refractivity contribution is 5.44. The Labute approximate surface area is 108 Å². The van der Waals surface area contributed by atoms with E-state index in [0.717, 1.165) is 24.1 Å². The fraction of sp³-hybridized carbons (Fsp3) is 0.267. The molecule has 1 unspecified atom stereocenters. The lowest BCUT2D eigenvalue weighted by Gasteiger charge is -2.16. The second kappa shape index (κ2) is 6.17. The van der Waals surface area contributed by atoms with E-state index in [-0.39, 0.29) is 0 Å². The molecule has 0 amide bonds. The largest absolute Gasteiger partial charge is 0.398 e. The molecule has 2 rings (SSSR count). The first-order valence-electron chi connectivity index (χ1n) is 6.22. The third-order valence-corrected chi connectivity index (χ3v) is 3.19. The molecule has 1 aromatic heterocycles. The van der Waals surface area contributed by atoms with E-state index in [4.69, 9.17) is 5.73 Å². The third-order valence-electron chi connectivity index (χ3n) is 3.19. The minimum atomic E-state index is 0.353. The van der Waals surface area contributed by atoms with Crippen LogP contribution in [0.15, 0.2) is 48.8 Å². The summed E-state index contributed by atoms with van der Waals surface area (Å²) < 4.78 is 0. The van der Waals surface area contributed by atoms with Crippen molar-refractivity contribution in [2.75, 3.05) is 12.8 Å². The molecule has 1 atom stereocenters. The van der Waals surface area contributed by atoms with Gasteiger partial charge in [0.15, 0.2) is 0 Å². The quantitative estimate of drug-likeness (QED) is 0.846. The first kappa shape index (κ1) is 12.6. The Bertz CT molecular complexity index is 482. The lowest BCUT2D eigenvalue weighted by Crippen LogP contribution is -2.17. The molecule has 0 radical (unpaired) electrons. The standard InChI is InChI=1S/C15H19N3/c1-17-15(12-5-3-2-4-6-12)8-7-13-11-18-10-9-14(13)16/h2-6,9-11,15,17H,7-8H2,1H3,(H2,16,18). The first-order valence-corrected chi connectivity index (χ1v) is 6.22. The van der Waals surface area contributed by atoms with Crippen LogP contribution in [0.4, 0.5) is 5.69 Å². The molecule has 3 N–H and O–H groups in total. The van der Waals surface area contributed by atoms with Crippen LogP contribution in [0.3, 0.4) is 0 Å². The summed E-state index contributed by atoms with van der Waals surface area (Å²) in [5, 5.41) is 3.35. The minimum Gasteiger partial charge on any atom is -0.398 e. The highest BCUT2D eigenvalue weighted by Crippen LogP contribution is 2.20. The second-order valence-corrected chi connectivity index (χ2v) is 4.37. The van der Waals surface area contributed by atoms with Crippen LogP contribution in [-0.2, 0) is 6.42 Å². The maximum Gasteiger partial charge on any atom is 0.0377 e. The predicted molar refractivity (Wildman–Crippen MR) is 75.2 cm³/mol. The molecule has 0 aliphatic heterocycles. The molecule has 2 aromatic rings. The summed E-state index contributed by atoms with van der Waals surface area (Å²) in [5.74, 6) is 0. The molecular formula is C15H19N3.